The Morgan fingerprint density at radius 1 is 1.19 bits per heavy atom. The number of phenols is 2. The predicted octanol–water partition coefficient (Wildman–Crippen LogP) is 1.77. The summed E-state index contributed by atoms with van der Waals surface area (Å²) in [6, 6.07) is 2.14. The maximum absolute atomic E-state index is 13.3. The number of rotatable bonds is 6. The van der Waals surface area contributed by atoms with Gasteiger partial charge in [-0.2, -0.15) is 0 Å². The van der Waals surface area contributed by atoms with Crippen molar-refractivity contribution in [3.05, 3.63) is 34.9 Å². The van der Waals surface area contributed by atoms with Crippen LogP contribution in [-0.2, 0) is 4.79 Å². The maximum atomic E-state index is 13.3. The molecule has 1 aromatic carbocycles. The van der Waals surface area contributed by atoms with Gasteiger partial charge in [0.2, 0.25) is 0 Å². The van der Waals surface area contributed by atoms with Crippen molar-refractivity contribution in [3.63, 3.8) is 0 Å². The number of hydrogen-bond acceptors (Lipinski definition) is 7. The van der Waals surface area contributed by atoms with Gasteiger partial charge in [-0.05, 0) is 32.4 Å². The van der Waals surface area contributed by atoms with Crippen LogP contribution in [-0.4, -0.2) is 50.5 Å². The number of aliphatic hydroxyl groups excluding tert-OH is 2. The molecule has 1 aliphatic carbocycles. The summed E-state index contributed by atoms with van der Waals surface area (Å²) in [4.78, 5) is 39.1. The molecule has 1 aromatic rings. The second kappa shape index (κ2) is 7.62. The van der Waals surface area contributed by atoms with E-state index in [1.165, 1.54) is 6.92 Å². The normalized spacial score (nSPS) is 21.4. The molecule has 0 bridgehead atoms. The second-order valence-electron chi connectivity index (χ2n) is 7.24. The highest BCUT2D eigenvalue weighted by Gasteiger charge is 2.57. The molecule has 3 atom stereocenters. The summed E-state index contributed by atoms with van der Waals surface area (Å²) in [7, 11) is 0. The van der Waals surface area contributed by atoms with Crippen LogP contribution in [0.3, 0.4) is 0 Å². The van der Waals surface area contributed by atoms with Gasteiger partial charge in [0.1, 0.15) is 16.9 Å². The van der Waals surface area contributed by atoms with Crippen LogP contribution in [0, 0.1) is 11.3 Å². The Morgan fingerprint density at radius 2 is 1.74 bits per heavy atom. The summed E-state index contributed by atoms with van der Waals surface area (Å²) in [5, 5.41) is 40.3. The Morgan fingerprint density at radius 3 is 2.26 bits per heavy atom. The first-order valence-electron chi connectivity index (χ1n) is 8.67. The number of carbonyl (C=O) groups excluding carboxylic acids is 3. The van der Waals surface area contributed by atoms with Crippen LogP contribution >= 0.6 is 0 Å². The number of phenolic OH excluding ortho intramolecular Hbond substituents is 2. The van der Waals surface area contributed by atoms with Crippen LogP contribution < -0.4 is 0 Å². The molecule has 7 heteroatoms. The van der Waals surface area contributed by atoms with Gasteiger partial charge in [0.15, 0.2) is 17.3 Å². The van der Waals surface area contributed by atoms with Crippen LogP contribution in [0.15, 0.2) is 23.8 Å². The zero-order valence-electron chi connectivity index (χ0n) is 15.5. The van der Waals surface area contributed by atoms with E-state index in [-0.39, 0.29) is 12.0 Å². The number of benzene rings is 1. The number of carbonyl (C=O) groups is 3. The lowest BCUT2D eigenvalue weighted by molar-refractivity contribution is -0.136. The molecule has 0 amide bonds. The minimum absolute atomic E-state index is 0.0554. The second-order valence-corrected chi connectivity index (χ2v) is 7.24. The van der Waals surface area contributed by atoms with E-state index < -0.39 is 64.9 Å². The number of aromatic hydroxyl groups is 2. The van der Waals surface area contributed by atoms with Gasteiger partial charge < -0.3 is 20.4 Å². The highest BCUT2D eigenvalue weighted by atomic mass is 16.3. The molecule has 0 saturated heterocycles. The summed E-state index contributed by atoms with van der Waals surface area (Å²) < 4.78 is 0. The summed E-state index contributed by atoms with van der Waals surface area (Å²) in [5.41, 5.74) is -2.11. The van der Waals surface area contributed by atoms with Crippen LogP contribution in [0.5, 0.6) is 11.5 Å². The van der Waals surface area contributed by atoms with Crippen molar-refractivity contribution in [2.45, 2.75) is 39.7 Å². The van der Waals surface area contributed by atoms with Gasteiger partial charge in [0.25, 0.3) is 0 Å². The number of aliphatic hydroxyl groups is 2. The molecule has 0 heterocycles. The molecule has 7 nitrogen and oxygen atoms in total. The SMILES string of the molecule is CC(C)=CC[C@@H](O)C1(C(=O)C(C)CO)CC(=O)c2c(O)ccc(O)c2C1=O. The Labute approximate surface area is 157 Å². The van der Waals surface area contributed by atoms with Crippen molar-refractivity contribution in [3.8, 4) is 11.5 Å². The van der Waals surface area contributed by atoms with E-state index in [1.807, 2.05) is 0 Å². The predicted molar refractivity (Wildman–Crippen MR) is 96.8 cm³/mol. The molecule has 0 aliphatic heterocycles. The van der Waals surface area contributed by atoms with Crippen molar-refractivity contribution in [2.75, 3.05) is 6.61 Å². The fourth-order valence-electron chi connectivity index (χ4n) is 3.44. The Bertz CT molecular complexity index is 820. The minimum Gasteiger partial charge on any atom is -0.507 e. The van der Waals surface area contributed by atoms with Gasteiger partial charge in [-0.3, -0.25) is 14.4 Å². The third-order valence-electron chi connectivity index (χ3n) is 4.99. The van der Waals surface area contributed by atoms with E-state index in [0.717, 1.165) is 17.7 Å². The van der Waals surface area contributed by atoms with Crippen molar-refractivity contribution in [1.82, 2.24) is 0 Å². The van der Waals surface area contributed by atoms with Crippen LogP contribution in [0.25, 0.3) is 0 Å². The van der Waals surface area contributed by atoms with Crippen molar-refractivity contribution < 1.29 is 34.8 Å². The fourth-order valence-corrected chi connectivity index (χ4v) is 3.44. The van der Waals surface area contributed by atoms with Gasteiger partial charge >= 0.3 is 0 Å². The highest BCUT2D eigenvalue weighted by molar-refractivity contribution is 6.27. The van der Waals surface area contributed by atoms with Gasteiger partial charge in [0, 0.05) is 12.3 Å². The van der Waals surface area contributed by atoms with E-state index in [0.29, 0.717) is 0 Å². The fraction of sp³-hybridized carbons (Fsp3) is 0.450. The van der Waals surface area contributed by atoms with E-state index >= 15 is 0 Å². The minimum atomic E-state index is -2.14. The average molecular weight is 376 g/mol. The number of ketones is 3. The lowest BCUT2D eigenvalue weighted by Crippen LogP contribution is -2.55. The molecule has 0 radical (unpaired) electrons. The molecular weight excluding hydrogens is 352 g/mol. The van der Waals surface area contributed by atoms with E-state index in [4.69, 9.17) is 0 Å². The maximum Gasteiger partial charge on any atom is 0.184 e. The van der Waals surface area contributed by atoms with Gasteiger partial charge in [-0.15, -0.1) is 0 Å². The molecule has 0 saturated carbocycles. The molecule has 2 unspecified atom stereocenters. The van der Waals surface area contributed by atoms with E-state index in [2.05, 4.69) is 0 Å². The zero-order valence-corrected chi connectivity index (χ0v) is 15.5. The molecule has 0 fully saturated rings. The van der Waals surface area contributed by atoms with Crippen molar-refractivity contribution in [2.24, 2.45) is 11.3 Å². The smallest absolute Gasteiger partial charge is 0.184 e. The third kappa shape index (κ3) is 3.40. The molecular formula is C20H24O7. The number of fused-ring (bicyclic) bond motifs is 1. The van der Waals surface area contributed by atoms with Crippen molar-refractivity contribution in [1.29, 1.82) is 0 Å². The molecule has 0 spiro atoms. The van der Waals surface area contributed by atoms with E-state index in [9.17, 15) is 34.8 Å². The lowest BCUT2D eigenvalue weighted by atomic mass is 9.61. The molecule has 146 valence electrons. The average Bonchev–Trinajstić information content (AvgIpc) is 2.63. The molecule has 0 aromatic heterocycles. The van der Waals surface area contributed by atoms with Crippen LogP contribution in [0.2, 0.25) is 0 Å². The quantitative estimate of drug-likeness (QED) is 0.338. The third-order valence-corrected chi connectivity index (χ3v) is 4.99. The largest absolute Gasteiger partial charge is 0.507 e. The monoisotopic (exact) mass is 376 g/mol. The van der Waals surface area contributed by atoms with Crippen LogP contribution in [0.1, 0.15) is 54.3 Å². The summed E-state index contributed by atoms with van der Waals surface area (Å²) in [6.07, 6.45) is -0.587. The number of Topliss-reactive ketones (excluding diaryl/α,β-unsaturated/α-hetero) is 3. The summed E-state index contributed by atoms with van der Waals surface area (Å²) >= 11 is 0. The number of allylic oxidation sites excluding steroid dienone is 1. The van der Waals surface area contributed by atoms with Gasteiger partial charge in [0.05, 0.1) is 23.8 Å². The van der Waals surface area contributed by atoms with Crippen molar-refractivity contribution >= 4 is 17.3 Å². The van der Waals surface area contributed by atoms with Crippen LogP contribution in [0.4, 0.5) is 0 Å². The van der Waals surface area contributed by atoms with Gasteiger partial charge in [-0.1, -0.05) is 18.6 Å². The highest BCUT2D eigenvalue weighted by Crippen LogP contribution is 2.46. The summed E-state index contributed by atoms with van der Waals surface area (Å²) in [5.74, 6) is -4.45. The standard InChI is InChI=1S/C20H24O7/c1-10(2)4-7-15(25)20(18(26)11(3)9-21)8-14(24)16-12(22)5-6-13(23)17(16)19(20)27/h4-6,11,15,21-23,25H,7-9H2,1-3H3/t11?,15-,20?/m1/s1. The Hall–Kier alpha value is -2.51. The molecule has 27 heavy (non-hydrogen) atoms. The lowest BCUT2D eigenvalue weighted by Gasteiger charge is -2.39. The first-order chi connectivity index (χ1) is 12.6. The summed E-state index contributed by atoms with van der Waals surface area (Å²) in [6.45, 7) is 4.40. The molecule has 1 aliphatic rings. The molecule has 2 rings (SSSR count). The zero-order chi connectivity index (χ0) is 20.5. The Balaban J connectivity index is 2.72. The van der Waals surface area contributed by atoms with Gasteiger partial charge in [-0.25, -0.2) is 0 Å². The topological polar surface area (TPSA) is 132 Å². The first kappa shape index (κ1) is 20.8. The number of hydrogen-bond donors (Lipinski definition) is 4. The molecule has 4 N–H and O–H groups in total. The Kier molecular flexibility index (Phi) is 5.87. The first-order valence-corrected chi connectivity index (χ1v) is 8.67. The van der Waals surface area contributed by atoms with E-state index in [1.54, 1.807) is 19.9 Å².